The highest BCUT2D eigenvalue weighted by Crippen LogP contribution is 2.18. The van der Waals surface area contributed by atoms with Crippen molar-refractivity contribution in [1.29, 1.82) is 0 Å². The number of carboxylic acids is 1. The first-order valence-electron chi connectivity index (χ1n) is 7.71. The first-order chi connectivity index (χ1) is 9.18. The van der Waals surface area contributed by atoms with E-state index in [1.54, 1.807) is 0 Å². The van der Waals surface area contributed by atoms with Gasteiger partial charge in [0, 0.05) is 0 Å². The van der Waals surface area contributed by atoms with E-state index in [-0.39, 0.29) is 0 Å². The maximum Gasteiger partial charge on any atom is 0.326 e. The molecule has 0 saturated carbocycles. The van der Waals surface area contributed by atoms with E-state index in [1.165, 1.54) is 76.0 Å². The fraction of sp³-hybridized carbons (Fsp3) is 0.933. The van der Waals surface area contributed by atoms with E-state index in [4.69, 9.17) is 5.11 Å². The van der Waals surface area contributed by atoms with Crippen molar-refractivity contribution in [3.63, 3.8) is 0 Å². The molecule has 0 saturated heterocycles. The van der Waals surface area contributed by atoms with Crippen molar-refractivity contribution >= 4 is 30.4 Å². The molecule has 0 rings (SSSR count). The minimum absolute atomic E-state index is 0.553. The van der Waals surface area contributed by atoms with Crippen molar-refractivity contribution in [2.75, 3.05) is 5.75 Å². The molecule has 0 aromatic heterocycles. The first-order valence-corrected chi connectivity index (χ1v) is 9.27. The minimum atomic E-state index is -0.823. The third-order valence-corrected chi connectivity index (χ3v) is 4.94. The summed E-state index contributed by atoms with van der Waals surface area (Å²) >= 11 is 5.42. The molecule has 0 bridgehead atoms. The van der Waals surface area contributed by atoms with E-state index in [9.17, 15) is 4.79 Å². The predicted molar refractivity (Wildman–Crippen MR) is 89.3 cm³/mol. The van der Waals surface area contributed by atoms with Crippen molar-refractivity contribution in [3.05, 3.63) is 0 Å². The fourth-order valence-corrected chi connectivity index (χ4v) is 3.09. The molecule has 0 aliphatic carbocycles. The number of hydrogen-bond donors (Lipinski definition) is 2. The van der Waals surface area contributed by atoms with E-state index in [2.05, 4.69) is 19.6 Å². The molecule has 0 aromatic carbocycles. The Morgan fingerprint density at radius 1 is 0.947 bits per heavy atom. The van der Waals surface area contributed by atoms with Crippen molar-refractivity contribution in [1.82, 2.24) is 0 Å². The number of aliphatic carboxylic acids is 1. The van der Waals surface area contributed by atoms with E-state index in [0.717, 1.165) is 12.2 Å². The third kappa shape index (κ3) is 14.4. The second kappa shape index (κ2) is 14.6. The molecule has 4 heteroatoms. The van der Waals surface area contributed by atoms with Gasteiger partial charge in [-0.3, -0.25) is 4.79 Å². The maximum atomic E-state index is 10.5. The Kier molecular flexibility index (Phi) is 14.7. The normalized spacial score (nSPS) is 12.5. The SMILES string of the molecule is CCCCCCCCCCCCCSC(S)C(=O)O. The average Bonchev–Trinajstić information content (AvgIpc) is 2.39. The standard InChI is InChI=1S/C15H30O2S2/c1-2-3-4-5-6-7-8-9-10-11-12-13-19-15(18)14(16)17/h15,18H,2-13H2,1H3,(H,16,17). The van der Waals surface area contributed by atoms with Crippen molar-refractivity contribution in [2.24, 2.45) is 0 Å². The van der Waals surface area contributed by atoms with Crippen LogP contribution >= 0.6 is 24.4 Å². The zero-order valence-electron chi connectivity index (χ0n) is 12.3. The molecule has 0 amide bonds. The molecule has 0 aliphatic heterocycles. The molecule has 0 aliphatic rings. The summed E-state index contributed by atoms with van der Waals surface area (Å²) in [6.07, 6.45) is 14.6. The topological polar surface area (TPSA) is 37.3 Å². The first kappa shape index (κ1) is 19.2. The Bertz CT molecular complexity index is 210. The summed E-state index contributed by atoms with van der Waals surface area (Å²) in [6.45, 7) is 2.25. The number of rotatable bonds is 14. The van der Waals surface area contributed by atoms with E-state index in [0.29, 0.717) is 0 Å². The van der Waals surface area contributed by atoms with Crippen LogP contribution in [-0.4, -0.2) is 21.4 Å². The summed E-state index contributed by atoms with van der Waals surface area (Å²) in [6, 6.07) is 0. The van der Waals surface area contributed by atoms with Crippen LogP contribution in [-0.2, 0) is 4.79 Å². The molecule has 0 aromatic rings. The van der Waals surface area contributed by atoms with Crippen molar-refractivity contribution < 1.29 is 9.90 Å². The predicted octanol–water partition coefficient (Wildman–Crippen LogP) is 5.37. The van der Waals surface area contributed by atoms with E-state index in [1.807, 2.05) is 0 Å². The van der Waals surface area contributed by atoms with Crippen molar-refractivity contribution in [3.8, 4) is 0 Å². The highest BCUT2D eigenvalue weighted by Gasteiger charge is 2.10. The number of thiol groups is 1. The lowest BCUT2D eigenvalue weighted by atomic mass is 10.1. The number of unbranched alkanes of at least 4 members (excludes halogenated alkanes) is 10. The zero-order chi connectivity index (χ0) is 14.3. The van der Waals surface area contributed by atoms with Gasteiger partial charge < -0.3 is 5.11 Å². The van der Waals surface area contributed by atoms with Gasteiger partial charge in [-0.1, -0.05) is 71.1 Å². The lowest BCUT2D eigenvalue weighted by Gasteiger charge is -2.05. The smallest absolute Gasteiger partial charge is 0.326 e. The molecule has 2 nitrogen and oxygen atoms in total. The third-order valence-electron chi connectivity index (χ3n) is 3.23. The van der Waals surface area contributed by atoms with Crippen LogP contribution in [0.3, 0.4) is 0 Å². The summed E-state index contributed by atoms with van der Waals surface area (Å²) < 4.78 is -0.553. The molecule has 0 spiro atoms. The van der Waals surface area contributed by atoms with Crippen molar-refractivity contribution in [2.45, 2.75) is 82.1 Å². The van der Waals surface area contributed by atoms with Gasteiger partial charge >= 0.3 is 5.97 Å². The van der Waals surface area contributed by atoms with Gasteiger partial charge in [0.25, 0.3) is 0 Å². The van der Waals surface area contributed by atoms with Crippen LogP contribution in [0.1, 0.15) is 77.6 Å². The van der Waals surface area contributed by atoms with Gasteiger partial charge in [0.15, 0.2) is 0 Å². The van der Waals surface area contributed by atoms with Gasteiger partial charge in [-0.2, -0.15) is 12.6 Å². The van der Waals surface area contributed by atoms with Gasteiger partial charge in [0.1, 0.15) is 4.58 Å². The zero-order valence-corrected chi connectivity index (χ0v) is 14.0. The lowest BCUT2D eigenvalue weighted by molar-refractivity contribution is -0.134. The molecule has 19 heavy (non-hydrogen) atoms. The number of thioether (sulfide) groups is 1. The van der Waals surface area contributed by atoms with Crippen LogP contribution in [0.25, 0.3) is 0 Å². The summed E-state index contributed by atoms with van der Waals surface area (Å²) in [5, 5.41) is 8.66. The number of carboxylic acid groups (broad SMARTS) is 1. The highest BCUT2D eigenvalue weighted by atomic mass is 32.2. The minimum Gasteiger partial charge on any atom is -0.480 e. The molecule has 0 radical (unpaired) electrons. The van der Waals surface area contributed by atoms with E-state index >= 15 is 0 Å². The van der Waals surface area contributed by atoms with Crippen LogP contribution < -0.4 is 0 Å². The quantitative estimate of drug-likeness (QED) is 0.257. The molecule has 1 unspecified atom stereocenters. The summed E-state index contributed by atoms with van der Waals surface area (Å²) in [4.78, 5) is 10.5. The summed E-state index contributed by atoms with van der Waals surface area (Å²) in [7, 11) is 0. The lowest BCUT2D eigenvalue weighted by Crippen LogP contribution is -2.09. The summed E-state index contributed by atoms with van der Waals surface area (Å²) in [5.74, 6) is 0.0914. The van der Waals surface area contributed by atoms with Crippen LogP contribution in [0.4, 0.5) is 0 Å². The average molecular weight is 307 g/mol. The van der Waals surface area contributed by atoms with Gasteiger partial charge in [-0.15, -0.1) is 11.8 Å². The Labute approximate surface area is 128 Å². The van der Waals surface area contributed by atoms with Crippen LogP contribution in [0.2, 0.25) is 0 Å². The molecule has 1 N–H and O–H groups in total. The van der Waals surface area contributed by atoms with E-state index < -0.39 is 10.6 Å². The Morgan fingerprint density at radius 3 is 1.79 bits per heavy atom. The van der Waals surface area contributed by atoms with Crippen LogP contribution in [0.5, 0.6) is 0 Å². The summed E-state index contributed by atoms with van der Waals surface area (Å²) in [5.41, 5.74) is 0. The fourth-order valence-electron chi connectivity index (χ4n) is 2.03. The molecular weight excluding hydrogens is 276 g/mol. The van der Waals surface area contributed by atoms with Crippen LogP contribution in [0.15, 0.2) is 0 Å². The second-order valence-corrected chi connectivity index (χ2v) is 7.18. The highest BCUT2D eigenvalue weighted by molar-refractivity contribution is 8.11. The van der Waals surface area contributed by atoms with Gasteiger partial charge in [0.2, 0.25) is 0 Å². The monoisotopic (exact) mass is 306 g/mol. The van der Waals surface area contributed by atoms with Gasteiger partial charge in [-0.05, 0) is 12.2 Å². The number of hydrogen-bond acceptors (Lipinski definition) is 3. The van der Waals surface area contributed by atoms with Gasteiger partial charge in [0.05, 0.1) is 0 Å². The van der Waals surface area contributed by atoms with Gasteiger partial charge in [-0.25, -0.2) is 0 Å². The maximum absolute atomic E-state index is 10.5. The molecule has 0 heterocycles. The Hall–Kier alpha value is 0.170. The molecule has 1 atom stereocenters. The Morgan fingerprint density at radius 2 is 1.37 bits per heavy atom. The molecule has 114 valence electrons. The largest absolute Gasteiger partial charge is 0.480 e. The van der Waals surface area contributed by atoms with Crippen LogP contribution in [0, 0.1) is 0 Å². The second-order valence-electron chi connectivity index (χ2n) is 5.10. The molecule has 0 fully saturated rings. The number of carbonyl (C=O) groups is 1. The Balaban J connectivity index is 3.05. The molecular formula is C15H30O2S2.